The van der Waals surface area contributed by atoms with Gasteiger partial charge in [0, 0.05) is 0 Å². The Hall–Kier alpha value is -4.83. The summed E-state index contributed by atoms with van der Waals surface area (Å²) in [6, 6.07) is 26.7. The van der Waals surface area contributed by atoms with Crippen LogP contribution in [0.3, 0.4) is 0 Å². The van der Waals surface area contributed by atoms with E-state index in [2.05, 4.69) is 4.72 Å². The SMILES string of the molecule is CC(C)c1cc(NS(=O)(=O)c2ccc3ccccc3c2)c(C(=O)O)cc1-c1ccc(COc2cccc(C(F)(F)F)c2)cc1. The number of nitrogens with one attached hydrogen (secondary N) is 1. The van der Waals surface area contributed by atoms with Crippen LogP contribution in [0, 0.1) is 0 Å². The van der Waals surface area contributed by atoms with Crippen LogP contribution in [0.15, 0.2) is 108 Å². The first-order valence-corrected chi connectivity index (χ1v) is 15.1. The van der Waals surface area contributed by atoms with E-state index in [-0.39, 0.29) is 34.4 Å². The molecule has 226 valence electrons. The number of benzene rings is 5. The van der Waals surface area contributed by atoms with E-state index in [1.165, 1.54) is 30.3 Å². The van der Waals surface area contributed by atoms with Crippen molar-refractivity contribution in [1.82, 2.24) is 0 Å². The topological polar surface area (TPSA) is 92.7 Å². The largest absolute Gasteiger partial charge is 0.489 e. The van der Waals surface area contributed by atoms with Gasteiger partial charge in [0.2, 0.25) is 0 Å². The number of ether oxygens (including phenoxy) is 1. The number of alkyl halides is 3. The minimum atomic E-state index is -4.48. The second kappa shape index (κ2) is 12.0. The molecule has 10 heteroatoms. The maximum absolute atomic E-state index is 13.4. The molecule has 44 heavy (non-hydrogen) atoms. The monoisotopic (exact) mass is 619 g/mol. The lowest BCUT2D eigenvalue weighted by Crippen LogP contribution is -2.16. The van der Waals surface area contributed by atoms with Crippen LogP contribution >= 0.6 is 0 Å². The molecule has 0 radical (unpaired) electrons. The molecule has 5 aromatic rings. The summed E-state index contributed by atoms with van der Waals surface area (Å²) in [5.74, 6) is -1.32. The third kappa shape index (κ3) is 6.70. The Bertz CT molecular complexity index is 1950. The van der Waals surface area contributed by atoms with Crippen molar-refractivity contribution in [3.8, 4) is 16.9 Å². The fourth-order valence-electron chi connectivity index (χ4n) is 4.85. The van der Waals surface area contributed by atoms with Gasteiger partial charge in [-0.2, -0.15) is 13.2 Å². The Kier molecular flexibility index (Phi) is 8.38. The van der Waals surface area contributed by atoms with Gasteiger partial charge in [-0.25, -0.2) is 13.2 Å². The van der Waals surface area contributed by atoms with Gasteiger partial charge in [0.25, 0.3) is 10.0 Å². The van der Waals surface area contributed by atoms with Crippen LogP contribution in [0.4, 0.5) is 18.9 Å². The molecular weight excluding hydrogens is 591 g/mol. The van der Waals surface area contributed by atoms with Crippen LogP contribution in [-0.2, 0) is 22.8 Å². The quantitative estimate of drug-likeness (QED) is 0.172. The van der Waals surface area contributed by atoms with E-state index < -0.39 is 27.7 Å². The Morgan fingerprint density at radius 2 is 1.57 bits per heavy atom. The Labute approximate surface area is 252 Å². The summed E-state index contributed by atoms with van der Waals surface area (Å²) in [5.41, 5.74) is 1.63. The van der Waals surface area contributed by atoms with E-state index in [0.29, 0.717) is 16.7 Å². The van der Waals surface area contributed by atoms with Crippen molar-refractivity contribution >= 4 is 32.5 Å². The van der Waals surface area contributed by atoms with Crippen LogP contribution in [0.1, 0.15) is 46.8 Å². The Morgan fingerprint density at radius 3 is 2.23 bits per heavy atom. The van der Waals surface area contributed by atoms with Gasteiger partial charge in [-0.15, -0.1) is 0 Å². The predicted octanol–water partition coefficient (Wildman–Crippen LogP) is 8.73. The van der Waals surface area contributed by atoms with Gasteiger partial charge in [0.05, 0.1) is 21.7 Å². The lowest BCUT2D eigenvalue weighted by molar-refractivity contribution is -0.137. The first-order chi connectivity index (χ1) is 20.8. The lowest BCUT2D eigenvalue weighted by Gasteiger charge is -2.19. The Morgan fingerprint density at radius 1 is 0.864 bits per heavy atom. The zero-order valence-corrected chi connectivity index (χ0v) is 24.5. The van der Waals surface area contributed by atoms with Crippen molar-refractivity contribution in [3.63, 3.8) is 0 Å². The number of rotatable bonds is 9. The summed E-state index contributed by atoms with van der Waals surface area (Å²) < 4.78 is 73.8. The van der Waals surface area contributed by atoms with Crippen molar-refractivity contribution < 1.29 is 36.2 Å². The van der Waals surface area contributed by atoms with Gasteiger partial charge >= 0.3 is 12.1 Å². The van der Waals surface area contributed by atoms with E-state index in [0.717, 1.165) is 28.5 Å². The highest BCUT2D eigenvalue weighted by Gasteiger charge is 2.30. The number of carboxylic acids is 1. The molecule has 0 heterocycles. The van der Waals surface area contributed by atoms with Gasteiger partial charge < -0.3 is 9.84 Å². The Balaban J connectivity index is 1.43. The van der Waals surface area contributed by atoms with Gasteiger partial charge in [0.1, 0.15) is 12.4 Å². The van der Waals surface area contributed by atoms with Crippen LogP contribution in [0.25, 0.3) is 21.9 Å². The molecule has 5 rings (SSSR count). The van der Waals surface area contributed by atoms with Crippen molar-refractivity contribution in [1.29, 1.82) is 0 Å². The van der Waals surface area contributed by atoms with Gasteiger partial charge in [-0.3, -0.25) is 4.72 Å². The zero-order chi connectivity index (χ0) is 31.6. The fraction of sp³-hybridized carbons (Fsp3) is 0.147. The van der Waals surface area contributed by atoms with Crippen LogP contribution in [0.2, 0.25) is 0 Å². The molecule has 5 aromatic carbocycles. The molecule has 6 nitrogen and oxygen atoms in total. The molecule has 0 spiro atoms. The van der Waals surface area contributed by atoms with Crippen molar-refractivity contribution in [2.45, 2.75) is 37.4 Å². The molecule has 2 N–H and O–H groups in total. The summed E-state index contributed by atoms with van der Waals surface area (Å²) in [7, 11) is -4.12. The number of halogens is 3. The smallest absolute Gasteiger partial charge is 0.416 e. The van der Waals surface area contributed by atoms with Gasteiger partial charge in [-0.1, -0.05) is 74.5 Å². The number of anilines is 1. The van der Waals surface area contributed by atoms with Crippen LogP contribution in [-0.4, -0.2) is 19.5 Å². The fourth-order valence-corrected chi connectivity index (χ4v) is 5.96. The standard InChI is InChI=1S/C34H28F3NO5S/c1-21(2)29-19-32(38-44(41,42)28-15-14-23-6-3-4-7-25(23)16-28)31(33(39)40)18-30(29)24-12-10-22(11-13-24)20-43-27-9-5-8-26(17-27)34(35,36)37/h3-19,21,38H,20H2,1-2H3,(H,39,40). The second-order valence-corrected chi connectivity index (χ2v) is 12.3. The summed E-state index contributed by atoms with van der Waals surface area (Å²) in [6.07, 6.45) is -4.48. The lowest BCUT2D eigenvalue weighted by atomic mass is 9.90. The number of carboxylic acid groups (broad SMARTS) is 1. The summed E-state index contributed by atoms with van der Waals surface area (Å²) in [4.78, 5) is 12.3. The summed E-state index contributed by atoms with van der Waals surface area (Å²) >= 11 is 0. The third-order valence-corrected chi connectivity index (χ3v) is 8.51. The predicted molar refractivity (Wildman–Crippen MR) is 163 cm³/mol. The highest BCUT2D eigenvalue weighted by atomic mass is 32.2. The number of fused-ring (bicyclic) bond motifs is 1. The van der Waals surface area contributed by atoms with Crippen molar-refractivity contribution in [2.24, 2.45) is 0 Å². The molecule has 0 unspecified atom stereocenters. The minimum Gasteiger partial charge on any atom is -0.489 e. The minimum absolute atomic E-state index is 0.00523. The number of sulfonamides is 1. The summed E-state index contributed by atoms with van der Waals surface area (Å²) in [5, 5.41) is 11.7. The molecule has 0 amide bonds. The highest BCUT2D eigenvalue weighted by Crippen LogP contribution is 2.36. The van der Waals surface area contributed by atoms with E-state index in [1.54, 1.807) is 48.5 Å². The first kappa shape index (κ1) is 30.6. The number of aromatic carboxylic acids is 1. The van der Waals surface area contributed by atoms with Crippen LogP contribution < -0.4 is 9.46 Å². The van der Waals surface area contributed by atoms with E-state index in [4.69, 9.17) is 4.74 Å². The van der Waals surface area contributed by atoms with Gasteiger partial charge in [0.15, 0.2) is 0 Å². The maximum atomic E-state index is 13.4. The number of carbonyl (C=O) groups is 1. The van der Waals surface area contributed by atoms with Crippen molar-refractivity contribution in [3.05, 3.63) is 125 Å². The molecule has 0 aliphatic rings. The molecular formula is C34H28F3NO5S. The molecule has 0 aliphatic carbocycles. The molecule has 0 fully saturated rings. The maximum Gasteiger partial charge on any atom is 0.416 e. The average molecular weight is 620 g/mol. The molecule has 0 aliphatic heterocycles. The van der Waals surface area contributed by atoms with Crippen LogP contribution in [0.5, 0.6) is 5.75 Å². The molecule has 0 saturated heterocycles. The van der Waals surface area contributed by atoms with E-state index in [9.17, 15) is 31.5 Å². The van der Waals surface area contributed by atoms with E-state index >= 15 is 0 Å². The highest BCUT2D eigenvalue weighted by molar-refractivity contribution is 7.92. The van der Waals surface area contributed by atoms with Gasteiger partial charge in [-0.05, 0) is 81.4 Å². The number of hydrogen-bond acceptors (Lipinski definition) is 4. The molecule has 0 aromatic heterocycles. The number of hydrogen-bond donors (Lipinski definition) is 2. The molecule has 0 saturated carbocycles. The first-order valence-electron chi connectivity index (χ1n) is 13.6. The normalized spacial score (nSPS) is 12.0. The van der Waals surface area contributed by atoms with E-state index in [1.807, 2.05) is 26.0 Å². The summed E-state index contributed by atoms with van der Waals surface area (Å²) in [6.45, 7) is 3.85. The third-order valence-electron chi connectivity index (χ3n) is 7.15. The molecule has 0 atom stereocenters. The van der Waals surface area contributed by atoms with Crippen molar-refractivity contribution in [2.75, 3.05) is 4.72 Å². The zero-order valence-electron chi connectivity index (χ0n) is 23.7. The second-order valence-electron chi connectivity index (χ2n) is 10.6. The average Bonchev–Trinajstić information content (AvgIpc) is 2.99. The molecule has 0 bridgehead atoms.